The molecule has 0 radical (unpaired) electrons. The summed E-state index contributed by atoms with van der Waals surface area (Å²) in [6, 6.07) is 9.93. The average Bonchev–Trinajstić information content (AvgIpc) is 2.80. The first-order valence-corrected chi connectivity index (χ1v) is 5.64. The van der Waals surface area contributed by atoms with E-state index in [4.69, 9.17) is 4.84 Å². The van der Waals surface area contributed by atoms with E-state index in [1.165, 1.54) is 0 Å². The minimum atomic E-state index is -0.806. The van der Waals surface area contributed by atoms with Gasteiger partial charge in [-0.15, -0.1) is 0 Å². The molecule has 0 fully saturated rings. The number of nitrogens with zero attached hydrogens (tertiary/aromatic N) is 1. The van der Waals surface area contributed by atoms with Gasteiger partial charge in [-0.2, -0.15) is 0 Å². The summed E-state index contributed by atoms with van der Waals surface area (Å²) in [5.41, 5.74) is 1.18. The smallest absolute Gasteiger partial charge is 0.161 e. The molecule has 0 aliphatic carbocycles. The van der Waals surface area contributed by atoms with Crippen molar-refractivity contribution in [2.24, 2.45) is 5.16 Å². The van der Waals surface area contributed by atoms with Gasteiger partial charge < -0.3 is 9.94 Å². The molecule has 0 saturated heterocycles. The molecule has 1 aromatic carbocycles. The quantitative estimate of drug-likeness (QED) is 0.847. The van der Waals surface area contributed by atoms with Crippen LogP contribution in [0.1, 0.15) is 32.3 Å². The van der Waals surface area contributed by atoms with Crippen molar-refractivity contribution in [3.05, 3.63) is 35.9 Å². The van der Waals surface area contributed by atoms with Gasteiger partial charge >= 0.3 is 0 Å². The highest BCUT2D eigenvalue weighted by Crippen LogP contribution is 2.27. The first-order valence-electron chi connectivity index (χ1n) is 5.64. The molecule has 1 aromatic rings. The number of hydrogen-bond acceptors (Lipinski definition) is 3. The molecule has 86 valence electrons. The molecule has 2 atom stereocenters. The van der Waals surface area contributed by atoms with Gasteiger partial charge in [-0.05, 0) is 18.9 Å². The van der Waals surface area contributed by atoms with Crippen molar-refractivity contribution in [2.75, 3.05) is 0 Å². The molecule has 0 spiro atoms. The topological polar surface area (TPSA) is 41.8 Å². The van der Waals surface area contributed by atoms with E-state index in [0.717, 1.165) is 11.3 Å². The fourth-order valence-corrected chi connectivity index (χ4v) is 1.74. The maximum atomic E-state index is 10.1. The van der Waals surface area contributed by atoms with Crippen molar-refractivity contribution >= 4 is 5.71 Å². The Kier molecular flexibility index (Phi) is 2.97. The van der Waals surface area contributed by atoms with E-state index < -0.39 is 5.60 Å². The van der Waals surface area contributed by atoms with Crippen molar-refractivity contribution in [2.45, 2.75) is 38.4 Å². The number of oxime groups is 1. The van der Waals surface area contributed by atoms with Crippen molar-refractivity contribution in [3.8, 4) is 0 Å². The van der Waals surface area contributed by atoms with Gasteiger partial charge in [0, 0.05) is 6.42 Å². The Balaban J connectivity index is 2.09. The van der Waals surface area contributed by atoms with Crippen LogP contribution >= 0.6 is 0 Å². The highest BCUT2D eigenvalue weighted by atomic mass is 16.7. The third-order valence-electron chi connectivity index (χ3n) is 3.19. The summed E-state index contributed by atoms with van der Waals surface area (Å²) in [6.45, 7) is 3.74. The van der Waals surface area contributed by atoms with Crippen LogP contribution in [-0.4, -0.2) is 22.5 Å². The van der Waals surface area contributed by atoms with Gasteiger partial charge in [0.1, 0.15) is 5.60 Å². The molecule has 2 rings (SSSR count). The first kappa shape index (κ1) is 11.1. The minimum Gasteiger partial charge on any atom is -0.389 e. The normalized spacial score (nSPS) is 23.4. The van der Waals surface area contributed by atoms with Crippen molar-refractivity contribution in [1.82, 2.24) is 0 Å². The van der Waals surface area contributed by atoms with E-state index in [1.807, 2.05) is 37.3 Å². The zero-order valence-corrected chi connectivity index (χ0v) is 9.68. The Morgan fingerprint density at radius 2 is 2.12 bits per heavy atom. The number of hydrogen-bond donors (Lipinski definition) is 1. The predicted octanol–water partition coefficient (Wildman–Crippen LogP) is 2.34. The lowest BCUT2D eigenvalue weighted by Crippen LogP contribution is -2.38. The molecule has 0 bridgehead atoms. The van der Waals surface area contributed by atoms with Crippen LogP contribution < -0.4 is 0 Å². The molecule has 1 N–H and O–H groups in total. The summed E-state index contributed by atoms with van der Waals surface area (Å²) in [5, 5.41) is 14.1. The monoisotopic (exact) mass is 219 g/mol. The molecule has 0 aromatic heterocycles. The first-order chi connectivity index (χ1) is 7.63. The average molecular weight is 219 g/mol. The molecular weight excluding hydrogens is 202 g/mol. The van der Waals surface area contributed by atoms with Crippen LogP contribution in [-0.2, 0) is 4.84 Å². The van der Waals surface area contributed by atoms with Gasteiger partial charge in [-0.1, -0.05) is 42.4 Å². The van der Waals surface area contributed by atoms with E-state index in [-0.39, 0.29) is 6.10 Å². The van der Waals surface area contributed by atoms with Crippen molar-refractivity contribution in [1.29, 1.82) is 0 Å². The summed E-state index contributed by atoms with van der Waals surface area (Å²) in [4.78, 5) is 5.31. The maximum absolute atomic E-state index is 10.1. The van der Waals surface area contributed by atoms with E-state index in [9.17, 15) is 5.11 Å². The fourth-order valence-electron chi connectivity index (χ4n) is 1.74. The molecule has 0 saturated carbocycles. The Hall–Kier alpha value is -1.35. The third-order valence-corrected chi connectivity index (χ3v) is 3.19. The van der Waals surface area contributed by atoms with Gasteiger partial charge in [-0.3, -0.25) is 0 Å². The molecule has 1 aliphatic rings. The van der Waals surface area contributed by atoms with Crippen LogP contribution in [0.25, 0.3) is 0 Å². The van der Waals surface area contributed by atoms with Crippen LogP contribution in [0, 0.1) is 0 Å². The molecule has 3 heteroatoms. The van der Waals surface area contributed by atoms with E-state index >= 15 is 0 Å². The van der Waals surface area contributed by atoms with Crippen molar-refractivity contribution < 1.29 is 9.94 Å². The Morgan fingerprint density at radius 1 is 1.44 bits per heavy atom. The summed E-state index contributed by atoms with van der Waals surface area (Å²) in [5.74, 6) is 0. The lowest BCUT2D eigenvalue weighted by atomic mass is 9.91. The Labute approximate surface area is 95.7 Å². The van der Waals surface area contributed by atoms with Gasteiger partial charge in [0.2, 0.25) is 0 Å². The number of benzene rings is 1. The summed E-state index contributed by atoms with van der Waals surface area (Å²) < 4.78 is 0. The largest absolute Gasteiger partial charge is 0.389 e. The number of aliphatic hydroxyl groups is 1. The molecule has 0 unspecified atom stereocenters. The Bertz CT molecular complexity index is 384. The zero-order valence-electron chi connectivity index (χ0n) is 9.68. The molecular formula is C13H17NO2. The second-order valence-corrected chi connectivity index (χ2v) is 4.41. The highest BCUT2D eigenvalue weighted by Gasteiger charge is 2.37. The van der Waals surface area contributed by atoms with Crippen LogP contribution in [0.4, 0.5) is 0 Å². The lowest BCUT2D eigenvalue weighted by Gasteiger charge is -2.26. The van der Waals surface area contributed by atoms with Crippen LogP contribution in [0.2, 0.25) is 0 Å². The van der Waals surface area contributed by atoms with Gasteiger partial charge in [0.15, 0.2) is 6.10 Å². The molecule has 3 nitrogen and oxygen atoms in total. The van der Waals surface area contributed by atoms with Crippen molar-refractivity contribution in [3.63, 3.8) is 0 Å². The zero-order chi connectivity index (χ0) is 11.6. The second-order valence-electron chi connectivity index (χ2n) is 4.41. The molecule has 1 aliphatic heterocycles. The van der Waals surface area contributed by atoms with Crippen LogP contribution in [0.15, 0.2) is 35.5 Å². The molecule has 0 amide bonds. The number of rotatable bonds is 3. The lowest BCUT2D eigenvalue weighted by molar-refractivity contribution is -0.0854. The van der Waals surface area contributed by atoms with Crippen LogP contribution in [0.5, 0.6) is 0 Å². The highest BCUT2D eigenvalue weighted by molar-refractivity contribution is 6.01. The van der Waals surface area contributed by atoms with E-state index in [0.29, 0.717) is 12.8 Å². The van der Waals surface area contributed by atoms with E-state index in [2.05, 4.69) is 5.16 Å². The van der Waals surface area contributed by atoms with Gasteiger partial charge in [-0.25, -0.2) is 0 Å². The van der Waals surface area contributed by atoms with Gasteiger partial charge in [0.25, 0.3) is 0 Å². The van der Waals surface area contributed by atoms with E-state index in [1.54, 1.807) is 6.92 Å². The SMILES string of the molecule is CC[C@@](C)(O)[C@@H]1CC(c2ccccc2)=NO1. The standard InChI is InChI=1S/C13H17NO2/c1-3-13(2,15)12-9-11(14-16-12)10-7-5-4-6-8-10/h4-8,12,15H,3,9H2,1-2H3/t12-,13+/m0/s1. The Morgan fingerprint density at radius 3 is 2.75 bits per heavy atom. The van der Waals surface area contributed by atoms with Gasteiger partial charge in [0.05, 0.1) is 5.71 Å². The summed E-state index contributed by atoms with van der Waals surface area (Å²) >= 11 is 0. The minimum absolute atomic E-state index is 0.229. The van der Waals surface area contributed by atoms with Crippen LogP contribution in [0.3, 0.4) is 0 Å². The fraction of sp³-hybridized carbons (Fsp3) is 0.462. The summed E-state index contributed by atoms with van der Waals surface area (Å²) in [6.07, 6.45) is 1.10. The second kappa shape index (κ2) is 4.26. The third kappa shape index (κ3) is 2.09. The maximum Gasteiger partial charge on any atom is 0.161 e. The molecule has 16 heavy (non-hydrogen) atoms. The molecule has 1 heterocycles. The predicted molar refractivity (Wildman–Crippen MR) is 63.4 cm³/mol. The summed E-state index contributed by atoms with van der Waals surface area (Å²) in [7, 11) is 0.